The van der Waals surface area contributed by atoms with Gasteiger partial charge in [-0.25, -0.2) is 4.79 Å². The van der Waals surface area contributed by atoms with Crippen molar-refractivity contribution in [2.24, 2.45) is 0 Å². The minimum absolute atomic E-state index is 0.175. The second-order valence-electron chi connectivity index (χ2n) is 4.05. The number of urea groups is 1. The number of carbonyl (C=O) groups excluding carboxylic acids is 1. The summed E-state index contributed by atoms with van der Waals surface area (Å²) >= 11 is 5.87. The molecule has 1 aromatic carbocycles. The average molecular weight is 255 g/mol. The first-order valence-electron chi connectivity index (χ1n) is 5.94. The van der Waals surface area contributed by atoms with Crippen LogP contribution in [0.15, 0.2) is 18.2 Å². The van der Waals surface area contributed by atoms with Crippen LogP contribution >= 0.6 is 11.6 Å². The van der Waals surface area contributed by atoms with E-state index < -0.39 is 0 Å². The van der Waals surface area contributed by atoms with Gasteiger partial charge in [0.05, 0.1) is 0 Å². The largest absolute Gasteiger partial charge is 0.338 e. The lowest BCUT2D eigenvalue weighted by Gasteiger charge is -2.10. The highest BCUT2D eigenvalue weighted by atomic mass is 35.5. The van der Waals surface area contributed by atoms with Gasteiger partial charge in [-0.2, -0.15) is 0 Å². The number of amides is 2. The molecule has 0 saturated heterocycles. The molecule has 0 saturated carbocycles. The number of rotatable bonds is 5. The maximum atomic E-state index is 11.6. The predicted molar refractivity (Wildman–Crippen MR) is 72.7 cm³/mol. The highest BCUT2D eigenvalue weighted by molar-refractivity contribution is 6.31. The van der Waals surface area contributed by atoms with Gasteiger partial charge in [0, 0.05) is 17.3 Å². The Kier molecular flexibility index (Phi) is 5.84. The van der Waals surface area contributed by atoms with Gasteiger partial charge >= 0.3 is 6.03 Å². The smallest absolute Gasteiger partial charge is 0.319 e. The molecule has 0 aliphatic heterocycles. The van der Waals surface area contributed by atoms with E-state index in [4.69, 9.17) is 11.6 Å². The van der Waals surface area contributed by atoms with Crippen molar-refractivity contribution in [3.63, 3.8) is 0 Å². The molecule has 17 heavy (non-hydrogen) atoms. The second-order valence-corrected chi connectivity index (χ2v) is 4.48. The van der Waals surface area contributed by atoms with Crippen LogP contribution in [0.4, 0.5) is 10.5 Å². The summed E-state index contributed by atoms with van der Waals surface area (Å²) in [6.45, 7) is 4.78. The zero-order valence-electron chi connectivity index (χ0n) is 10.3. The third-order valence-electron chi connectivity index (χ3n) is 2.51. The van der Waals surface area contributed by atoms with Crippen LogP contribution in [0.1, 0.15) is 31.7 Å². The Labute approximate surface area is 108 Å². The Morgan fingerprint density at radius 3 is 2.82 bits per heavy atom. The summed E-state index contributed by atoms with van der Waals surface area (Å²) in [4.78, 5) is 11.6. The van der Waals surface area contributed by atoms with Crippen molar-refractivity contribution in [3.05, 3.63) is 28.8 Å². The van der Waals surface area contributed by atoms with Crippen LogP contribution in [0, 0.1) is 6.92 Å². The van der Waals surface area contributed by atoms with Gasteiger partial charge < -0.3 is 10.6 Å². The van der Waals surface area contributed by atoms with Gasteiger partial charge in [-0.1, -0.05) is 37.4 Å². The van der Waals surface area contributed by atoms with Crippen molar-refractivity contribution >= 4 is 23.3 Å². The van der Waals surface area contributed by atoms with Gasteiger partial charge in [0.1, 0.15) is 0 Å². The minimum Gasteiger partial charge on any atom is -0.338 e. The zero-order chi connectivity index (χ0) is 12.7. The van der Waals surface area contributed by atoms with Crippen LogP contribution in [0.5, 0.6) is 0 Å². The summed E-state index contributed by atoms with van der Waals surface area (Å²) in [5.41, 5.74) is 1.75. The molecule has 3 nitrogen and oxygen atoms in total. The Bertz CT molecular complexity index is 380. The summed E-state index contributed by atoms with van der Waals surface area (Å²) in [5.74, 6) is 0. The van der Waals surface area contributed by atoms with E-state index in [9.17, 15) is 4.79 Å². The molecule has 0 spiro atoms. The van der Waals surface area contributed by atoms with E-state index in [1.165, 1.54) is 0 Å². The number of aryl methyl sites for hydroxylation is 1. The molecule has 1 aromatic rings. The SMILES string of the molecule is CCCCCNC(=O)Nc1cc(Cl)ccc1C. The fraction of sp³-hybridized carbons (Fsp3) is 0.462. The molecule has 0 aliphatic carbocycles. The molecular formula is C13H19ClN2O. The molecule has 1 rings (SSSR count). The number of anilines is 1. The number of hydrogen-bond acceptors (Lipinski definition) is 1. The van der Waals surface area contributed by atoms with E-state index >= 15 is 0 Å². The van der Waals surface area contributed by atoms with Gasteiger partial charge in [-0.05, 0) is 31.0 Å². The number of unbranched alkanes of at least 4 members (excludes halogenated alkanes) is 2. The Balaban J connectivity index is 2.42. The van der Waals surface area contributed by atoms with E-state index in [-0.39, 0.29) is 6.03 Å². The van der Waals surface area contributed by atoms with Crippen LogP contribution in [0.25, 0.3) is 0 Å². The quantitative estimate of drug-likeness (QED) is 0.768. The molecule has 0 aromatic heterocycles. The highest BCUT2D eigenvalue weighted by Crippen LogP contribution is 2.19. The maximum absolute atomic E-state index is 11.6. The number of nitrogens with one attached hydrogen (secondary N) is 2. The molecule has 0 heterocycles. The summed E-state index contributed by atoms with van der Waals surface area (Å²) in [6.07, 6.45) is 3.30. The molecule has 0 atom stereocenters. The minimum atomic E-state index is -0.175. The van der Waals surface area contributed by atoms with Crippen molar-refractivity contribution in [2.45, 2.75) is 33.1 Å². The first-order chi connectivity index (χ1) is 8.13. The monoisotopic (exact) mass is 254 g/mol. The Hall–Kier alpha value is -1.22. The first kappa shape index (κ1) is 13.8. The van der Waals surface area contributed by atoms with Gasteiger partial charge in [-0.15, -0.1) is 0 Å². The first-order valence-corrected chi connectivity index (χ1v) is 6.32. The molecule has 2 N–H and O–H groups in total. The topological polar surface area (TPSA) is 41.1 Å². The molecule has 0 fully saturated rings. The van der Waals surface area contributed by atoms with Crippen molar-refractivity contribution in [1.82, 2.24) is 5.32 Å². The zero-order valence-corrected chi connectivity index (χ0v) is 11.1. The molecule has 94 valence electrons. The highest BCUT2D eigenvalue weighted by Gasteiger charge is 2.04. The van der Waals surface area contributed by atoms with Gasteiger partial charge in [0.25, 0.3) is 0 Å². The number of carbonyl (C=O) groups is 1. The third-order valence-corrected chi connectivity index (χ3v) is 2.75. The van der Waals surface area contributed by atoms with Crippen LogP contribution in [0.3, 0.4) is 0 Å². The lowest BCUT2D eigenvalue weighted by Crippen LogP contribution is -2.29. The van der Waals surface area contributed by atoms with Crippen molar-refractivity contribution in [1.29, 1.82) is 0 Å². The normalized spacial score (nSPS) is 10.1. The van der Waals surface area contributed by atoms with Crippen molar-refractivity contribution in [3.8, 4) is 0 Å². The summed E-state index contributed by atoms with van der Waals surface area (Å²) in [7, 11) is 0. The van der Waals surface area contributed by atoms with Gasteiger partial charge in [0.15, 0.2) is 0 Å². The van der Waals surface area contributed by atoms with E-state index in [0.717, 1.165) is 30.5 Å². The molecule has 0 unspecified atom stereocenters. The van der Waals surface area contributed by atoms with Gasteiger partial charge in [0.2, 0.25) is 0 Å². The molecule has 0 bridgehead atoms. The van der Waals surface area contributed by atoms with Crippen molar-refractivity contribution in [2.75, 3.05) is 11.9 Å². The van der Waals surface area contributed by atoms with Crippen LogP contribution in [0.2, 0.25) is 5.02 Å². The van der Waals surface area contributed by atoms with Crippen LogP contribution in [-0.2, 0) is 0 Å². The van der Waals surface area contributed by atoms with E-state index in [1.54, 1.807) is 12.1 Å². The lowest BCUT2D eigenvalue weighted by atomic mass is 10.2. The summed E-state index contributed by atoms with van der Waals surface area (Å²) in [6, 6.07) is 5.27. The second kappa shape index (κ2) is 7.17. The third kappa shape index (κ3) is 5.09. The fourth-order valence-corrected chi connectivity index (χ4v) is 1.64. The van der Waals surface area contributed by atoms with Gasteiger partial charge in [-0.3, -0.25) is 0 Å². The predicted octanol–water partition coefficient (Wildman–Crippen LogP) is 3.96. The molecule has 0 aliphatic rings. The molecule has 0 radical (unpaired) electrons. The van der Waals surface area contributed by atoms with Crippen LogP contribution in [-0.4, -0.2) is 12.6 Å². The lowest BCUT2D eigenvalue weighted by molar-refractivity contribution is 0.252. The number of hydrogen-bond donors (Lipinski definition) is 2. The molecule has 4 heteroatoms. The van der Waals surface area contributed by atoms with Crippen molar-refractivity contribution < 1.29 is 4.79 Å². The number of benzene rings is 1. The Morgan fingerprint density at radius 2 is 2.12 bits per heavy atom. The number of halogens is 1. The summed E-state index contributed by atoms with van der Waals surface area (Å²) in [5, 5.41) is 6.24. The maximum Gasteiger partial charge on any atom is 0.319 e. The molecule has 2 amide bonds. The van der Waals surface area contributed by atoms with E-state index in [2.05, 4.69) is 17.6 Å². The van der Waals surface area contributed by atoms with E-state index in [1.807, 2.05) is 13.0 Å². The standard InChI is InChI=1S/C13H19ClN2O/c1-3-4-5-8-15-13(17)16-12-9-11(14)7-6-10(12)2/h6-7,9H,3-5,8H2,1-2H3,(H2,15,16,17). The molecular weight excluding hydrogens is 236 g/mol. The van der Waals surface area contributed by atoms with E-state index in [0.29, 0.717) is 11.6 Å². The Morgan fingerprint density at radius 1 is 1.35 bits per heavy atom. The average Bonchev–Trinajstić information content (AvgIpc) is 2.29. The summed E-state index contributed by atoms with van der Waals surface area (Å²) < 4.78 is 0. The van der Waals surface area contributed by atoms with Crippen LogP contribution < -0.4 is 10.6 Å². The fourth-order valence-electron chi connectivity index (χ4n) is 1.47.